The molecule has 7 nitrogen and oxygen atoms in total. The molecule has 11 atom stereocenters. The number of carbonyl (C=O) groups is 3. The number of nitrogens with one attached hydrogen (secondary N) is 1. The van der Waals surface area contributed by atoms with Gasteiger partial charge in [-0.25, -0.2) is 9.18 Å². The van der Waals surface area contributed by atoms with Crippen LogP contribution in [0.1, 0.15) is 66.2 Å². The van der Waals surface area contributed by atoms with Crippen molar-refractivity contribution in [3.8, 4) is 0 Å². The maximum atomic E-state index is 13.6. The lowest BCUT2D eigenvalue weighted by atomic mass is 9.44. The van der Waals surface area contributed by atoms with E-state index in [2.05, 4.69) is 17.1 Å². The number of halogens is 1. The van der Waals surface area contributed by atoms with Crippen LogP contribution in [0.25, 0.3) is 0 Å². The van der Waals surface area contributed by atoms with E-state index in [1.807, 2.05) is 13.8 Å². The molecule has 2 heterocycles. The van der Waals surface area contributed by atoms with Gasteiger partial charge in [0.15, 0.2) is 0 Å². The van der Waals surface area contributed by atoms with Gasteiger partial charge in [0.2, 0.25) is 5.91 Å². The van der Waals surface area contributed by atoms with E-state index in [1.54, 1.807) is 6.92 Å². The van der Waals surface area contributed by atoms with Crippen molar-refractivity contribution >= 4 is 17.8 Å². The van der Waals surface area contributed by atoms with Crippen LogP contribution in [0.4, 0.5) is 9.18 Å². The summed E-state index contributed by atoms with van der Waals surface area (Å²) in [4.78, 5) is 41.8. The van der Waals surface area contributed by atoms with Crippen molar-refractivity contribution in [3.63, 3.8) is 0 Å². The molecule has 5 fully saturated rings. The van der Waals surface area contributed by atoms with Crippen molar-refractivity contribution in [1.82, 2.24) is 10.2 Å². The summed E-state index contributed by atoms with van der Waals surface area (Å²) >= 11 is 0. The molecular weight excluding hydrogens is 463 g/mol. The Hall–Kier alpha value is -1.80. The molecule has 8 heteroatoms. The van der Waals surface area contributed by atoms with E-state index in [4.69, 9.17) is 4.74 Å². The molecule has 36 heavy (non-hydrogen) atoms. The number of Topliss-reactive ketones (excluding diaryl/α,β-unsaturated/α-hetero) is 1. The topological polar surface area (TPSA) is 95.9 Å². The zero-order valence-corrected chi connectivity index (χ0v) is 22.0. The van der Waals surface area contributed by atoms with Crippen molar-refractivity contribution in [2.75, 3.05) is 19.6 Å². The second kappa shape index (κ2) is 8.90. The van der Waals surface area contributed by atoms with Gasteiger partial charge >= 0.3 is 6.09 Å². The van der Waals surface area contributed by atoms with E-state index in [1.165, 1.54) is 6.08 Å². The summed E-state index contributed by atoms with van der Waals surface area (Å²) in [7, 11) is 0. The quantitative estimate of drug-likeness (QED) is 0.606. The van der Waals surface area contributed by atoms with Crippen LogP contribution in [0.5, 0.6) is 0 Å². The Balaban J connectivity index is 1.47. The van der Waals surface area contributed by atoms with Gasteiger partial charge in [-0.2, -0.15) is 0 Å². The number of fused-ring (bicyclic) bond motifs is 2. The Morgan fingerprint density at radius 2 is 1.94 bits per heavy atom. The maximum absolute atomic E-state index is 13.6. The minimum Gasteiger partial charge on any atom is -0.445 e. The first-order valence-corrected chi connectivity index (χ1v) is 13.7. The standard InChI is InChI=1S/C28H41FN2O5/c1-16-5-8-28-9-6-20(32)22(28)27(16,4)21(13-26(3,10-11-29)23(33)17(28)2)36-25(35)30-24(34)19-15-31-12-7-18(19)14-31/h10-11,16-19,21-23,33H,5-9,12-15H2,1-4H3,(H,30,34,35)/b11-10-/t16-,17+,18+,19+,21-,22?,23+,26-,27+,28?/m1/s1. The summed E-state index contributed by atoms with van der Waals surface area (Å²) in [6, 6.07) is 0. The number of hydrogen-bond donors (Lipinski definition) is 2. The average Bonchev–Trinajstić information content (AvgIpc) is 3.55. The van der Waals surface area contributed by atoms with Crippen molar-refractivity contribution in [2.45, 2.75) is 78.4 Å². The van der Waals surface area contributed by atoms with Gasteiger partial charge in [0, 0.05) is 36.3 Å². The molecular formula is C28H41FN2O5. The van der Waals surface area contributed by atoms with E-state index < -0.39 is 34.5 Å². The first-order chi connectivity index (χ1) is 17.0. The fraction of sp³-hybridized carbons (Fsp3) is 0.821. The molecule has 2 aliphatic heterocycles. The maximum Gasteiger partial charge on any atom is 0.414 e. The Morgan fingerprint density at radius 3 is 2.58 bits per heavy atom. The largest absolute Gasteiger partial charge is 0.445 e. The summed E-state index contributed by atoms with van der Waals surface area (Å²) in [6.07, 6.45) is 3.26. The number of imide groups is 1. The molecule has 5 rings (SSSR count). The molecule has 0 aromatic rings. The van der Waals surface area contributed by atoms with Crippen molar-refractivity contribution in [1.29, 1.82) is 0 Å². The Bertz CT molecular complexity index is 972. The highest BCUT2D eigenvalue weighted by Gasteiger charge is 2.68. The summed E-state index contributed by atoms with van der Waals surface area (Å²) < 4.78 is 19.7. The number of hydrogen-bond acceptors (Lipinski definition) is 6. The molecule has 0 aromatic carbocycles. The molecule has 0 radical (unpaired) electrons. The number of carbonyl (C=O) groups excluding carboxylic acids is 3. The lowest BCUT2D eigenvalue weighted by molar-refractivity contribution is -0.191. The number of aliphatic hydroxyl groups excluding tert-OH is 1. The summed E-state index contributed by atoms with van der Waals surface area (Å²) in [5, 5.41) is 14.1. The van der Waals surface area contributed by atoms with Crippen molar-refractivity contribution < 1.29 is 28.6 Å². The van der Waals surface area contributed by atoms with Gasteiger partial charge in [-0.15, -0.1) is 0 Å². The normalized spacial score (nSPS) is 50.0. The smallest absolute Gasteiger partial charge is 0.414 e. The molecule has 4 bridgehead atoms. The lowest BCUT2D eigenvalue weighted by Crippen LogP contribution is -2.63. The highest BCUT2D eigenvalue weighted by atomic mass is 19.1. The van der Waals surface area contributed by atoms with Gasteiger partial charge < -0.3 is 14.7 Å². The molecule has 2 amide bonds. The second-order valence-electron chi connectivity index (χ2n) is 13.0. The summed E-state index contributed by atoms with van der Waals surface area (Å²) in [5.41, 5.74) is -2.11. The molecule has 2 N–H and O–H groups in total. The predicted molar refractivity (Wildman–Crippen MR) is 131 cm³/mol. The summed E-state index contributed by atoms with van der Waals surface area (Å²) in [5.74, 6) is -0.610. The molecule has 3 unspecified atom stereocenters. The number of ether oxygens (including phenoxy) is 1. The Labute approximate surface area is 213 Å². The molecule has 0 aromatic heterocycles. The highest BCUT2D eigenvalue weighted by molar-refractivity contribution is 5.93. The van der Waals surface area contributed by atoms with E-state index in [0.717, 1.165) is 32.4 Å². The molecule has 200 valence electrons. The van der Waals surface area contributed by atoms with Crippen LogP contribution in [-0.4, -0.2) is 59.6 Å². The zero-order valence-electron chi connectivity index (χ0n) is 22.0. The van der Waals surface area contributed by atoms with Gasteiger partial charge in [-0.05, 0) is 67.9 Å². The number of aliphatic hydroxyl groups is 1. The molecule has 5 aliphatic rings. The van der Waals surface area contributed by atoms with Crippen LogP contribution < -0.4 is 5.32 Å². The first-order valence-electron chi connectivity index (χ1n) is 13.7. The number of alkyl carbamates (subject to hydrolysis) is 1. The first kappa shape index (κ1) is 25.8. The minimum atomic E-state index is -0.997. The number of piperidine rings is 1. The van der Waals surface area contributed by atoms with Crippen LogP contribution in [0.3, 0.4) is 0 Å². The highest BCUT2D eigenvalue weighted by Crippen LogP contribution is 2.68. The number of nitrogens with zero attached hydrogens (tertiary/aromatic N) is 1. The third kappa shape index (κ3) is 3.69. The van der Waals surface area contributed by atoms with Crippen molar-refractivity contribution in [3.05, 3.63) is 12.4 Å². The van der Waals surface area contributed by atoms with E-state index >= 15 is 0 Å². The van der Waals surface area contributed by atoms with Gasteiger partial charge in [0.1, 0.15) is 11.9 Å². The van der Waals surface area contributed by atoms with Crippen LogP contribution in [0.2, 0.25) is 0 Å². The van der Waals surface area contributed by atoms with Crippen LogP contribution in [0.15, 0.2) is 12.4 Å². The van der Waals surface area contributed by atoms with Gasteiger partial charge in [0.05, 0.1) is 18.4 Å². The molecule has 2 saturated heterocycles. The van der Waals surface area contributed by atoms with Gasteiger partial charge in [-0.1, -0.05) is 27.7 Å². The van der Waals surface area contributed by atoms with Crippen LogP contribution >= 0.6 is 0 Å². The lowest BCUT2D eigenvalue weighted by Gasteiger charge is -2.61. The molecule has 3 saturated carbocycles. The molecule has 3 aliphatic carbocycles. The third-order valence-electron chi connectivity index (χ3n) is 11.4. The number of rotatable bonds is 3. The fourth-order valence-corrected chi connectivity index (χ4v) is 9.04. The van der Waals surface area contributed by atoms with Gasteiger partial charge in [0.25, 0.3) is 0 Å². The third-order valence-corrected chi connectivity index (χ3v) is 11.4. The fourth-order valence-electron chi connectivity index (χ4n) is 9.04. The van der Waals surface area contributed by atoms with E-state index in [-0.39, 0.29) is 47.7 Å². The number of ketones is 1. The Kier molecular flexibility index (Phi) is 6.38. The van der Waals surface area contributed by atoms with Gasteiger partial charge in [-0.3, -0.25) is 14.9 Å². The SMILES string of the molecule is C[C@@H]1CCC23CCC(=O)C2[C@]1(C)[C@H](OC(=O)NC(=O)[C@H]1CN2CC[C@H]1C2)C[C@@](C)(/C=C\F)[C@@H](O)[C@@H]3C. The van der Waals surface area contributed by atoms with E-state index in [9.17, 15) is 23.9 Å². The molecule has 0 spiro atoms. The van der Waals surface area contributed by atoms with E-state index in [0.29, 0.717) is 25.7 Å². The average molecular weight is 505 g/mol. The predicted octanol–water partition coefficient (Wildman–Crippen LogP) is 3.85. The Morgan fingerprint density at radius 1 is 1.19 bits per heavy atom. The zero-order chi connectivity index (χ0) is 26.0. The monoisotopic (exact) mass is 504 g/mol. The van der Waals surface area contributed by atoms with Crippen LogP contribution in [-0.2, 0) is 14.3 Å². The van der Waals surface area contributed by atoms with Crippen molar-refractivity contribution in [2.24, 2.45) is 45.8 Å². The second-order valence-corrected chi connectivity index (χ2v) is 13.0. The summed E-state index contributed by atoms with van der Waals surface area (Å²) in [6.45, 7) is 10.5. The number of amides is 2. The minimum absolute atomic E-state index is 0.0746. The van der Waals surface area contributed by atoms with Crippen LogP contribution in [0, 0.1) is 45.8 Å².